The van der Waals surface area contributed by atoms with Crippen LogP contribution >= 0.6 is 11.8 Å². The Morgan fingerprint density at radius 1 is 1.04 bits per heavy atom. The zero-order chi connectivity index (χ0) is 17.2. The van der Waals surface area contributed by atoms with Gasteiger partial charge in [-0.1, -0.05) is 36.4 Å². The number of benzene rings is 2. The number of sulfonamides is 1. The van der Waals surface area contributed by atoms with E-state index in [0.29, 0.717) is 12.1 Å². The fourth-order valence-electron chi connectivity index (χ4n) is 2.51. The molecule has 0 aromatic heterocycles. The first-order chi connectivity index (χ1) is 11.5. The minimum atomic E-state index is -3.68. The third kappa shape index (κ3) is 3.90. The molecule has 0 aliphatic carbocycles. The standard InChI is InChI=1S/C16H18N2O4S2/c19-15-14(23-16(20)17-15)10-11-6-4-5-9-13(11)18-24(21,22)12-7-2-1-3-8-12/h1-9,14-20H,10H2. The second kappa shape index (κ2) is 7.12. The Bertz CT molecular complexity index is 799. The van der Waals surface area contributed by atoms with E-state index in [1.807, 2.05) is 6.07 Å². The number of hydrogen-bond donors (Lipinski definition) is 4. The summed E-state index contributed by atoms with van der Waals surface area (Å²) in [5.74, 6) is 0. The Labute approximate surface area is 145 Å². The number of aliphatic hydroxyl groups excluding tert-OH is 2. The highest BCUT2D eigenvalue weighted by atomic mass is 32.2. The van der Waals surface area contributed by atoms with Crippen molar-refractivity contribution >= 4 is 27.5 Å². The van der Waals surface area contributed by atoms with Gasteiger partial charge < -0.3 is 10.2 Å². The number of aliphatic hydroxyl groups is 2. The van der Waals surface area contributed by atoms with Crippen LogP contribution in [0.4, 0.5) is 5.69 Å². The van der Waals surface area contributed by atoms with E-state index in [1.54, 1.807) is 36.4 Å². The average molecular weight is 366 g/mol. The summed E-state index contributed by atoms with van der Waals surface area (Å²) in [7, 11) is -3.68. The lowest BCUT2D eigenvalue weighted by atomic mass is 10.1. The second-order valence-corrected chi connectivity index (χ2v) is 8.42. The van der Waals surface area contributed by atoms with Gasteiger partial charge in [-0.15, -0.1) is 11.8 Å². The highest BCUT2D eigenvalue weighted by molar-refractivity contribution is 8.00. The van der Waals surface area contributed by atoms with E-state index in [4.69, 9.17) is 0 Å². The molecule has 8 heteroatoms. The number of para-hydroxylation sites is 1. The third-order valence-corrected chi connectivity index (χ3v) is 6.25. The van der Waals surface area contributed by atoms with Crippen LogP contribution < -0.4 is 10.0 Å². The average Bonchev–Trinajstić information content (AvgIpc) is 2.87. The maximum absolute atomic E-state index is 12.5. The van der Waals surface area contributed by atoms with Crippen LogP contribution in [0, 0.1) is 0 Å². The van der Waals surface area contributed by atoms with E-state index in [0.717, 1.165) is 5.56 Å². The van der Waals surface area contributed by atoms with E-state index < -0.39 is 21.8 Å². The summed E-state index contributed by atoms with van der Waals surface area (Å²) in [5, 5.41) is 21.8. The SMILES string of the molecule is O=S(=O)(Nc1ccccc1CC1SC(O)NC1O)c1ccccc1. The zero-order valence-corrected chi connectivity index (χ0v) is 14.3. The van der Waals surface area contributed by atoms with Gasteiger partial charge in [0.15, 0.2) is 5.56 Å². The molecule has 0 radical (unpaired) electrons. The molecule has 2 aromatic carbocycles. The van der Waals surface area contributed by atoms with Crippen molar-refractivity contribution in [1.29, 1.82) is 0 Å². The summed E-state index contributed by atoms with van der Waals surface area (Å²) in [4.78, 5) is 0.187. The topological polar surface area (TPSA) is 98.7 Å². The van der Waals surface area contributed by atoms with Crippen LogP contribution in [0.15, 0.2) is 59.5 Å². The predicted molar refractivity (Wildman–Crippen MR) is 93.9 cm³/mol. The molecule has 0 amide bonds. The number of hydrogen-bond acceptors (Lipinski definition) is 6. The minimum absolute atomic E-state index is 0.187. The van der Waals surface area contributed by atoms with Gasteiger partial charge >= 0.3 is 0 Å². The van der Waals surface area contributed by atoms with Gasteiger partial charge in [0.05, 0.1) is 15.8 Å². The molecular formula is C16H18N2O4S2. The molecule has 0 spiro atoms. The number of anilines is 1. The first kappa shape index (κ1) is 17.2. The Morgan fingerprint density at radius 3 is 2.38 bits per heavy atom. The molecule has 1 heterocycles. The van der Waals surface area contributed by atoms with Crippen molar-refractivity contribution in [3.8, 4) is 0 Å². The molecule has 3 rings (SSSR count). The van der Waals surface area contributed by atoms with E-state index in [-0.39, 0.29) is 10.1 Å². The molecule has 0 bridgehead atoms. The molecule has 24 heavy (non-hydrogen) atoms. The molecule has 1 aliphatic rings. The van der Waals surface area contributed by atoms with Gasteiger partial charge in [-0.25, -0.2) is 8.42 Å². The molecule has 3 atom stereocenters. The fourth-order valence-corrected chi connectivity index (χ4v) is 4.68. The molecule has 6 nitrogen and oxygen atoms in total. The lowest BCUT2D eigenvalue weighted by molar-refractivity contribution is 0.0997. The summed E-state index contributed by atoms with van der Waals surface area (Å²) in [6.45, 7) is 0. The zero-order valence-electron chi connectivity index (χ0n) is 12.7. The fraction of sp³-hybridized carbons (Fsp3) is 0.250. The maximum Gasteiger partial charge on any atom is 0.261 e. The minimum Gasteiger partial charge on any atom is -0.377 e. The van der Waals surface area contributed by atoms with E-state index in [2.05, 4.69) is 10.0 Å². The molecule has 1 fully saturated rings. The first-order valence-electron chi connectivity index (χ1n) is 7.39. The molecule has 1 saturated heterocycles. The summed E-state index contributed by atoms with van der Waals surface area (Å²) >= 11 is 1.21. The Kier molecular flexibility index (Phi) is 5.12. The Hall–Kier alpha value is -1.58. The molecule has 3 unspecified atom stereocenters. The molecule has 0 saturated carbocycles. The van der Waals surface area contributed by atoms with Crippen LogP contribution in [0.2, 0.25) is 0 Å². The smallest absolute Gasteiger partial charge is 0.261 e. The van der Waals surface area contributed by atoms with Crippen molar-refractivity contribution in [2.45, 2.75) is 28.4 Å². The van der Waals surface area contributed by atoms with Crippen LogP contribution in [0.1, 0.15) is 5.56 Å². The van der Waals surface area contributed by atoms with Crippen LogP contribution in [0.3, 0.4) is 0 Å². The van der Waals surface area contributed by atoms with E-state index >= 15 is 0 Å². The quantitative estimate of drug-likeness (QED) is 0.637. The van der Waals surface area contributed by atoms with Gasteiger partial charge in [0, 0.05) is 0 Å². The lowest BCUT2D eigenvalue weighted by Crippen LogP contribution is -2.33. The van der Waals surface area contributed by atoms with Crippen molar-refractivity contribution in [1.82, 2.24) is 5.32 Å². The Morgan fingerprint density at radius 2 is 1.71 bits per heavy atom. The van der Waals surface area contributed by atoms with Crippen molar-refractivity contribution in [3.63, 3.8) is 0 Å². The van der Waals surface area contributed by atoms with E-state index in [9.17, 15) is 18.6 Å². The van der Waals surface area contributed by atoms with Crippen molar-refractivity contribution in [2.24, 2.45) is 0 Å². The lowest BCUT2D eigenvalue weighted by Gasteiger charge is -2.16. The van der Waals surface area contributed by atoms with Crippen molar-refractivity contribution < 1.29 is 18.6 Å². The van der Waals surface area contributed by atoms with Gasteiger partial charge in [0.1, 0.15) is 6.23 Å². The second-order valence-electron chi connectivity index (χ2n) is 5.42. The summed E-state index contributed by atoms with van der Waals surface area (Å²) < 4.78 is 27.6. The maximum atomic E-state index is 12.5. The van der Waals surface area contributed by atoms with Gasteiger partial charge in [-0.3, -0.25) is 10.0 Å². The molecular weight excluding hydrogens is 348 g/mol. The molecule has 2 aromatic rings. The summed E-state index contributed by atoms with van der Waals surface area (Å²) in [5.41, 5.74) is 0.401. The highest BCUT2D eigenvalue weighted by Gasteiger charge is 2.32. The van der Waals surface area contributed by atoms with Crippen molar-refractivity contribution in [3.05, 3.63) is 60.2 Å². The van der Waals surface area contributed by atoms with Crippen LogP contribution in [0.5, 0.6) is 0 Å². The van der Waals surface area contributed by atoms with Crippen LogP contribution in [-0.4, -0.2) is 35.7 Å². The van der Waals surface area contributed by atoms with Gasteiger partial charge in [0.25, 0.3) is 10.0 Å². The third-order valence-electron chi connectivity index (χ3n) is 3.71. The van der Waals surface area contributed by atoms with Gasteiger partial charge in [-0.05, 0) is 30.2 Å². The molecule has 1 aliphatic heterocycles. The predicted octanol–water partition coefficient (Wildman–Crippen LogP) is 1.33. The van der Waals surface area contributed by atoms with Gasteiger partial charge in [-0.2, -0.15) is 0 Å². The number of thioether (sulfide) groups is 1. The normalized spacial score (nSPS) is 24.0. The largest absolute Gasteiger partial charge is 0.377 e. The summed E-state index contributed by atoms with van der Waals surface area (Å²) in [6, 6.07) is 15.2. The van der Waals surface area contributed by atoms with E-state index in [1.165, 1.54) is 23.9 Å². The number of nitrogens with one attached hydrogen (secondary N) is 2. The van der Waals surface area contributed by atoms with Gasteiger partial charge in [0.2, 0.25) is 0 Å². The van der Waals surface area contributed by atoms with Crippen LogP contribution in [-0.2, 0) is 16.4 Å². The highest BCUT2D eigenvalue weighted by Crippen LogP contribution is 2.30. The molecule has 128 valence electrons. The summed E-state index contributed by atoms with van der Waals surface area (Å²) in [6.07, 6.45) is -0.424. The monoisotopic (exact) mass is 366 g/mol. The number of rotatable bonds is 5. The van der Waals surface area contributed by atoms with Crippen LogP contribution in [0.25, 0.3) is 0 Å². The van der Waals surface area contributed by atoms with Crippen molar-refractivity contribution in [2.75, 3.05) is 4.72 Å². The molecule has 4 N–H and O–H groups in total. The Balaban J connectivity index is 1.82. The first-order valence-corrected chi connectivity index (χ1v) is 9.82.